The molecular weight excluding hydrogens is 695 g/mol. The van der Waals surface area contributed by atoms with Crippen LogP contribution in [0.3, 0.4) is 0 Å². The third kappa shape index (κ3) is 6.08. The molecule has 3 aromatic carbocycles. The van der Waals surface area contributed by atoms with Crippen molar-refractivity contribution < 1.29 is 27.8 Å². The van der Waals surface area contributed by atoms with Crippen LogP contribution in [0, 0.1) is 29.4 Å². The van der Waals surface area contributed by atoms with Gasteiger partial charge in [0.15, 0.2) is 5.82 Å². The first kappa shape index (κ1) is 35.1. The molecule has 54 heavy (non-hydrogen) atoms. The summed E-state index contributed by atoms with van der Waals surface area (Å²) in [6.45, 7) is 5.52. The molecule has 5 aromatic rings. The summed E-state index contributed by atoms with van der Waals surface area (Å²) in [5, 5.41) is 17.5. The van der Waals surface area contributed by atoms with E-state index in [-0.39, 0.29) is 51.5 Å². The highest BCUT2D eigenvalue weighted by Crippen LogP contribution is 2.49. The monoisotopic (exact) mass is 739 g/mol. The van der Waals surface area contributed by atoms with E-state index in [2.05, 4.69) is 20.6 Å². The number of aromatic hydroxyl groups is 1. The second-order valence-electron chi connectivity index (χ2n) is 15.8. The number of anilines is 1. The molecule has 4 fully saturated rings. The van der Waals surface area contributed by atoms with Crippen LogP contribution in [-0.4, -0.2) is 113 Å². The molecule has 2 bridgehead atoms. The third-order valence-corrected chi connectivity index (χ3v) is 12.0. The summed E-state index contributed by atoms with van der Waals surface area (Å²) in [6, 6.07) is 6.00. The molecule has 3 aliphatic heterocycles. The van der Waals surface area contributed by atoms with Crippen LogP contribution in [0.5, 0.6) is 11.8 Å². The van der Waals surface area contributed by atoms with Gasteiger partial charge in [-0.25, -0.2) is 13.2 Å². The number of halogens is 3. The van der Waals surface area contributed by atoms with Gasteiger partial charge in [-0.3, -0.25) is 14.5 Å². The predicted molar refractivity (Wildman–Crippen MR) is 202 cm³/mol. The molecule has 3 atom stereocenters. The smallest absolute Gasteiger partial charge is 0.319 e. The number of benzene rings is 3. The topological polar surface area (TPSA) is 92.0 Å². The molecular formula is C41H44F3N7O3. The maximum absolute atomic E-state index is 17.8. The first-order valence-electron chi connectivity index (χ1n) is 18.9. The fourth-order valence-electron chi connectivity index (χ4n) is 9.27. The van der Waals surface area contributed by atoms with E-state index in [9.17, 15) is 9.50 Å². The van der Waals surface area contributed by atoms with Gasteiger partial charge in [-0.1, -0.05) is 12.0 Å². The standard InChI is InChI=1S/C41H44F3N7O3/c1-4-29-32(43)9-6-24-16-28(52)17-30(33(24)29)34-36(44)38-35(31-21-48(2)47-37(31)34)39(51-26-7-8-27(51)20-49(19-26)13-5-15-53-3)46-40(45-38)54-23-41(11-12-41)22-50-14-10-25(42)18-50/h1,6,9,16-17,21,25-27,52H,5,7-8,10-15,18-20,22-23H2,2-3H3/t25-,26?,27?/m0/s1. The molecule has 0 radical (unpaired) electrons. The Morgan fingerprint density at radius 3 is 2.52 bits per heavy atom. The summed E-state index contributed by atoms with van der Waals surface area (Å²) in [5.41, 5.74) is 0.456. The second kappa shape index (κ2) is 13.6. The van der Waals surface area contributed by atoms with Crippen LogP contribution >= 0.6 is 0 Å². The fourth-order valence-corrected chi connectivity index (χ4v) is 9.27. The number of phenolic OH excluding ortho intramolecular Hbond substituents is 1. The lowest BCUT2D eigenvalue weighted by Gasteiger charge is -2.42. The summed E-state index contributed by atoms with van der Waals surface area (Å²) < 4.78 is 60.4. The van der Waals surface area contributed by atoms with Crippen LogP contribution in [0.15, 0.2) is 30.5 Å². The highest BCUT2D eigenvalue weighted by molar-refractivity contribution is 6.18. The van der Waals surface area contributed by atoms with Gasteiger partial charge < -0.3 is 19.5 Å². The first-order chi connectivity index (χ1) is 26.1. The highest BCUT2D eigenvalue weighted by Gasteiger charge is 2.47. The summed E-state index contributed by atoms with van der Waals surface area (Å²) >= 11 is 0. The van der Waals surface area contributed by atoms with Crippen LogP contribution in [0.25, 0.3) is 43.7 Å². The van der Waals surface area contributed by atoms with Crippen molar-refractivity contribution in [3.05, 3.63) is 47.7 Å². The van der Waals surface area contributed by atoms with Crippen molar-refractivity contribution in [1.29, 1.82) is 0 Å². The Labute approximate surface area is 311 Å². The Morgan fingerprint density at radius 2 is 1.81 bits per heavy atom. The zero-order chi connectivity index (χ0) is 37.3. The van der Waals surface area contributed by atoms with Crippen molar-refractivity contribution in [3.8, 4) is 35.2 Å². The van der Waals surface area contributed by atoms with Crippen molar-refractivity contribution in [2.24, 2.45) is 12.5 Å². The Balaban J connectivity index is 1.21. The SMILES string of the molecule is C#Cc1c(F)ccc2cc(O)cc(-c3c(F)c4nc(OCC5(CN6CC[C@H](F)C6)CC5)nc(N5C6CCC5CN(CCCOC)C6)c4c4cn(C)nc34)c12. The van der Waals surface area contributed by atoms with E-state index in [4.69, 9.17) is 31.0 Å². The second-order valence-corrected chi connectivity index (χ2v) is 15.8. The average molecular weight is 740 g/mol. The van der Waals surface area contributed by atoms with E-state index in [0.29, 0.717) is 59.1 Å². The zero-order valence-corrected chi connectivity index (χ0v) is 30.6. The summed E-state index contributed by atoms with van der Waals surface area (Å²) in [7, 11) is 3.49. The number of hydrogen-bond acceptors (Lipinski definition) is 9. The lowest BCUT2D eigenvalue weighted by atomic mass is 9.91. The van der Waals surface area contributed by atoms with Crippen LogP contribution in [-0.2, 0) is 11.8 Å². The van der Waals surface area contributed by atoms with Gasteiger partial charge in [0.2, 0.25) is 0 Å². The maximum Gasteiger partial charge on any atom is 0.319 e. The van der Waals surface area contributed by atoms with Crippen LogP contribution in [0.2, 0.25) is 0 Å². The molecule has 2 unspecified atom stereocenters. The molecule has 1 aliphatic carbocycles. The minimum atomic E-state index is -0.803. The number of ether oxygens (including phenoxy) is 2. The van der Waals surface area contributed by atoms with Gasteiger partial charge in [-0.2, -0.15) is 15.1 Å². The Kier molecular flexibility index (Phi) is 8.83. The molecule has 10 nitrogen and oxygen atoms in total. The summed E-state index contributed by atoms with van der Waals surface area (Å²) in [5.74, 6) is 1.60. The number of aryl methyl sites for hydroxylation is 1. The Morgan fingerprint density at radius 1 is 1.02 bits per heavy atom. The van der Waals surface area contributed by atoms with Gasteiger partial charge >= 0.3 is 6.01 Å². The first-order valence-corrected chi connectivity index (χ1v) is 18.9. The highest BCUT2D eigenvalue weighted by atomic mass is 19.1. The minimum Gasteiger partial charge on any atom is -0.508 e. The number of alkyl halides is 1. The quantitative estimate of drug-likeness (QED) is 0.126. The van der Waals surface area contributed by atoms with Crippen molar-refractivity contribution >= 4 is 38.4 Å². The molecule has 0 amide bonds. The molecule has 5 heterocycles. The molecule has 282 valence electrons. The van der Waals surface area contributed by atoms with Gasteiger partial charge in [-0.15, -0.1) is 6.42 Å². The molecule has 3 saturated heterocycles. The molecule has 13 heteroatoms. The summed E-state index contributed by atoms with van der Waals surface area (Å²) in [6.07, 6.45) is 12.2. The fraction of sp³-hybridized carbons (Fsp3) is 0.488. The third-order valence-electron chi connectivity index (χ3n) is 12.0. The normalized spacial score (nSPS) is 22.5. The summed E-state index contributed by atoms with van der Waals surface area (Å²) in [4.78, 5) is 16.9. The van der Waals surface area contributed by atoms with Crippen molar-refractivity contribution in [2.75, 3.05) is 64.5 Å². The molecule has 1 N–H and O–H groups in total. The molecule has 2 aromatic heterocycles. The predicted octanol–water partition coefficient (Wildman–Crippen LogP) is 6.19. The van der Waals surface area contributed by atoms with Gasteiger partial charge in [0, 0.05) is 100 Å². The number of fused-ring (bicyclic) bond motifs is 6. The number of phenols is 1. The van der Waals surface area contributed by atoms with Crippen molar-refractivity contribution in [1.82, 2.24) is 29.5 Å². The number of rotatable bonds is 11. The van der Waals surface area contributed by atoms with Crippen molar-refractivity contribution in [3.63, 3.8) is 0 Å². The average Bonchev–Trinajstić information content (AvgIpc) is 3.48. The van der Waals surface area contributed by atoms with Crippen LogP contribution in [0.1, 0.15) is 44.1 Å². The molecule has 0 spiro atoms. The minimum absolute atomic E-state index is 0.0368. The van der Waals surface area contributed by atoms with E-state index in [0.717, 1.165) is 64.8 Å². The number of nitrogens with zero attached hydrogens (tertiary/aromatic N) is 7. The largest absolute Gasteiger partial charge is 0.508 e. The molecule has 4 aliphatic rings. The van der Waals surface area contributed by atoms with Gasteiger partial charge in [0.05, 0.1) is 17.6 Å². The van der Waals surface area contributed by atoms with Gasteiger partial charge in [0.1, 0.15) is 34.6 Å². The van der Waals surface area contributed by atoms with Gasteiger partial charge in [0.25, 0.3) is 0 Å². The van der Waals surface area contributed by atoms with Crippen LogP contribution in [0.4, 0.5) is 19.0 Å². The Bertz CT molecular complexity index is 2310. The van der Waals surface area contributed by atoms with E-state index < -0.39 is 17.8 Å². The van der Waals surface area contributed by atoms with E-state index in [1.165, 1.54) is 24.3 Å². The van der Waals surface area contributed by atoms with E-state index >= 15 is 8.78 Å². The molecule has 9 rings (SSSR count). The van der Waals surface area contributed by atoms with E-state index in [1.807, 2.05) is 6.20 Å². The number of terminal acetylenes is 1. The lowest BCUT2D eigenvalue weighted by Crippen LogP contribution is -2.54. The zero-order valence-electron chi connectivity index (χ0n) is 30.6. The van der Waals surface area contributed by atoms with E-state index in [1.54, 1.807) is 18.8 Å². The maximum atomic E-state index is 17.8. The van der Waals surface area contributed by atoms with Crippen LogP contribution < -0.4 is 9.64 Å². The van der Waals surface area contributed by atoms with Gasteiger partial charge in [-0.05, 0) is 67.7 Å². The number of hydrogen-bond donors (Lipinski definition) is 1. The number of piperazine rings is 1. The number of methoxy groups -OCH3 is 1. The lowest BCUT2D eigenvalue weighted by molar-refractivity contribution is 0.158. The molecule has 1 saturated carbocycles. The number of likely N-dealkylation sites (tertiary alicyclic amines) is 2. The Hall–Kier alpha value is -4.64. The van der Waals surface area contributed by atoms with Crippen molar-refractivity contribution in [2.45, 2.75) is 56.8 Å². The number of aromatic nitrogens is 4.